The van der Waals surface area contributed by atoms with Gasteiger partial charge in [-0.2, -0.15) is 0 Å². The van der Waals surface area contributed by atoms with Gasteiger partial charge in [0.2, 0.25) is 0 Å². The zero-order chi connectivity index (χ0) is 16.2. The van der Waals surface area contributed by atoms with Crippen LogP contribution in [0.3, 0.4) is 0 Å². The average Bonchev–Trinajstić information content (AvgIpc) is 3.13. The van der Waals surface area contributed by atoms with Crippen LogP contribution in [-0.2, 0) is 4.79 Å². The molecule has 3 rings (SSSR count). The quantitative estimate of drug-likeness (QED) is 0.819. The Morgan fingerprint density at radius 2 is 1.87 bits per heavy atom. The molecular formula is C20H25NO2. The summed E-state index contributed by atoms with van der Waals surface area (Å²) >= 11 is 0. The van der Waals surface area contributed by atoms with E-state index in [2.05, 4.69) is 12.1 Å². The molecule has 1 fully saturated rings. The minimum Gasteiger partial charge on any atom is -0.481 e. The predicted molar refractivity (Wildman–Crippen MR) is 93.7 cm³/mol. The highest BCUT2D eigenvalue weighted by molar-refractivity contribution is 5.84. The van der Waals surface area contributed by atoms with Crippen LogP contribution in [0, 0.1) is 0 Å². The zero-order valence-corrected chi connectivity index (χ0v) is 14.0. The van der Waals surface area contributed by atoms with Gasteiger partial charge in [-0.05, 0) is 42.2 Å². The lowest BCUT2D eigenvalue weighted by Crippen LogP contribution is -2.43. The molecule has 3 heteroatoms. The van der Waals surface area contributed by atoms with Crippen LogP contribution in [0.5, 0.6) is 5.75 Å². The molecule has 0 N–H and O–H groups in total. The van der Waals surface area contributed by atoms with E-state index in [9.17, 15) is 4.79 Å². The number of amides is 1. The Kier molecular flexibility index (Phi) is 4.85. The Bertz CT molecular complexity index is 676. The van der Waals surface area contributed by atoms with E-state index >= 15 is 0 Å². The molecule has 0 unspecified atom stereocenters. The highest BCUT2D eigenvalue weighted by Gasteiger charge is 2.29. The van der Waals surface area contributed by atoms with Crippen LogP contribution >= 0.6 is 0 Å². The number of ether oxygens (including phenoxy) is 1. The van der Waals surface area contributed by atoms with Gasteiger partial charge in [0.1, 0.15) is 5.75 Å². The largest absolute Gasteiger partial charge is 0.481 e. The fourth-order valence-electron chi connectivity index (χ4n) is 3.41. The van der Waals surface area contributed by atoms with Crippen LogP contribution in [-0.4, -0.2) is 30.0 Å². The number of hydrogen-bond donors (Lipinski definition) is 0. The Balaban J connectivity index is 1.73. The SMILES string of the molecule is CC[C@@H](Oc1ccc2ccccc2c1)C(=O)N(C)C1CCCC1. The lowest BCUT2D eigenvalue weighted by Gasteiger charge is -2.28. The van der Waals surface area contributed by atoms with Gasteiger partial charge in [0.05, 0.1) is 0 Å². The van der Waals surface area contributed by atoms with Crippen molar-refractivity contribution in [2.75, 3.05) is 7.05 Å². The Morgan fingerprint density at radius 1 is 1.17 bits per heavy atom. The number of carbonyl (C=O) groups is 1. The fourth-order valence-corrected chi connectivity index (χ4v) is 3.41. The van der Waals surface area contributed by atoms with E-state index in [0.717, 1.165) is 24.0 Å². The van der Waals surface area contributed by atoms with Crippen molar-refractivity contribution in [1.82, 2.24) is 4.90 Å². The standard InChI is InChI=1S/C20H25NO2/c1-3-19(20(22)21(2)17-10-6-7-11-17)23-18-13-12-15-8-4-5-9-16(15)14-18/h4-5,8-9,12-14,17,19H,3,6-7,10-11H2,1-2H3/t19-/m1/s1. The Morgan fingerprint density at radius 3 is 2.57 bits per heavy atom. The number of fused-ring (bicyclic) bond motifs is 1. The summed E-state index contributed by atoms with van der Waals surface area (Å²) in [6, 6.07) is 14.6. The maximum absolute atomic E-state index is 12.7. The van der Waals surface area contributed by atoms with E-state index in [1.54, 1.807) is 0 Å². The molecule has 1 aliphatic carbocycles. The maximum Gasteiger partial charge on any atom is 0.263 e. The van der Waals surface area contributed by atoms with Crippen LogP contribution < -0.4 is 4.74 Å². The van der Waals surface area contributed by atoms with E-state index in [4.69, 9.17) is 4.74 Å². The minimum absolute atomic E-state index is 0.104. The summed E-state index contributed by atoms with van der Waals surface area (Å²) in [5.74, 6) is 0.872. The van der Waals surface area contributed by atoms with Crippen molar-refractivity contribution in [2.45, 2.75) is 51.2 Å². The smallest absolute Gasteiger partial charge is 0.263 e. The van der Waals surface area contributed by atoms with Gasteiger partial charge in [0.15, 0.2) is 6.10 Å². The normalized spacial score (nSPS) is 16.4. The second-order valence-corrected chi connectivity index (χ2v) is 6.41. The highest BCUT2D eigenvalue weighted by Crippen LogP contribution is 2.25. The molecule has 1 saturated carbocycles. The first kappa shape index (κ1) is 15.9. The summed E-state index contributed by atoms with van der Waals surface area (Å²) in [5, 5.41) is 2.32. The van der Waals surface area contributed by atoms with Crippen LogP contribution in [0.15, 0.2) is 42.5 Å². The summed E-state index contributed by atoms with van der Waals surface area (Å²) in [7, 11) is 1.92. The molecule has 0 aliphatic heterocycles. The molecule has 0 radical (unpaired) electrons. The van der Waals surface area contributed by atoms with Crippen LogP contribution in [0.4, 0.5) is 0 Å². The van der Waals surface area contributed by atoms with Crippen molar-refractivity contribution in [2.24, 2.45) is 0 Å². The first-order valence-corrected chi connectivity index (χ1v) is 8.61. The lowest BCUT2D eigenvalue weighted by atomic mass is 10.1. The van der Waals surface area contributed by atoms with E-state index in [1.807, 2.05) is 49.2 Å². The highest BCUT2D eigenvalue weighted by atomic mass is 16.5. The monoisotopic (exact) mass is 311 g/mol. The third-order valence-corrected chi connectivity index (χ3v) is 4.87. The van der Waals surface area contributed by atoms with E-state index in [1.165, 1.54) is 18.2 Å². The van der Waals surface area contributed by atoms with E-state index in [0.29, 0.717) is 12.5 Å². The third kappa shape index (κ3) is 3.49. The van der Waals surface area contributed by atoms with E-state index in [-0.39, 0.29) is 5.91 Å². The van der Waals surface area contributed by atoms with Crippen molar-refractivity contribution in [3.8, 4) is 5.75 Å². The van der Waals surface area contributed by atoms with Crippen LogP contribution in [0.25, 0.3) is 10.8 Å². The summed E-state index contributed by atoms with van der Waals surface area (Å²) in [6.45, 7) is 2.01. The molecule has 1 atom stereocenters. The number of likely N-dealkylation sites (N-methyl/N-ethyl adjacent to an activating group) is 1. The van der Waals surface area contributed by atoms with Gasteiger partial charge in [0, 0.05) is 13.1 Å². The molecule has 0 bridgehead atoms. The topological polar surface area (TPSA) is 29.5 Å². The van der Waals surface area contributed by atoms with Gasteiger partial charge in [-0.25, -0.2) is 0 Å². The van der Waals surface area contributed by atoms with Gasteiger partial charge in [-0.15, -0.1) is 0 Å². The first-order chi connectivity index (χ1) is 11.2. The summed E-state index contributed by atoms with van der Waals surface area (Å²) in [5.41, 5.74) is 0. The number of hydrogen-bond acceptors (Lipinski definition) is 2. The number of nitrogens with zero attached hydrogens (tertiary/aromatic N) is 1. The van der Waals surface area contributed by atoms with Crippen molar-refractivity contribution in [1.29, 1.82) is 0 Å². The van der Waals surface area contributed by atoms with Crippen molar-refractivity contribution in [3.05, 3.63) is 42.5 Å². The Labute approximate surface area is 138 Å². The molecule has 3 nitrogen and oxygen atoms in total. The molecule has 0 heterocycles. The van der Waals surface area contributed by atoms with Gasteiger partial charge in [-0.1, -0.05) is 50.1 Å². The fraction of sp³-hybridized carbons (Fsp3) is 0.450. The molecule has 122 valence electrons. The molecular weight excluding hydrogens is 286 g/mol. The third-order valence-electron chi connectivity index (χ3n) is 4.87. The van der Waals surface area contributed by atoms with Crippen LogP contribution in [0.2, 0.25) is 0 Å². The molecule has 2 aromatic rings. The van der Waals surface area contributed by atoms with Gasteiger partial charge in [-0.3, -0.25) is 4.79 Å². The van der Waals surface area contributed by atoms with Crippen molar-refractivity contribution < 1.29 is 9.53 Å². The van der Waals surface area contributed by atoms with E-state index < -0.39 is 6.10 Å². The zero-order valence-electron chi connectivity index (χ0n) is 14.0. The van der Waals surface area contributed by atoms with Crippen LogP contribution in [0.1, 0.15) is 39.0 Å². The predicted octanol–water partition coefficient (Wildman–Crippen LogP) is 4.40. The molecule has 23 heavy (non-hydrogen) atoms. The molecule has 0 saturated heterocycles. The minimum atomic E-state index is -0.401. The number of carbonyl (C=O) groups excluding carboxylic acids is 1. The summed E-state index contributed by atoms with van der Waals surface area (Å²) < 4.78 is 6.02. The summed E-state index contributed by atoms with van der Waals surface area (Å²) in [6.07, 6.45) is 4.98. The maximum atomic E-state index is 12.7. The molecule has 2 aromatic carbocycles. The second-order valence-electron chi connectivity index (χ2n) is 6.41. The first-order valence-electron chi connectivity index (χ1n) is 8.61. The second kappa shape index (κ2) is 7.03. The average molecular weight is 311 g/mol. The number of benzene rings is 2. The molecule has 0 spiro atoms. The van der Waals surface area contributed by atoms with Crippen molar-refractivity contribution >= 4 is 16.7 Å². The number of rotatable bonds is 5. The molecule has 1 aliphatic rings. The molecule has 0 aromatic heterocycles. The van der Waals surface area contributed by atoms with Crippen molar-refractivity contribution in [3.63, 3.8) is 0 Å². The Hall–Kier alpha value is -2.03. The lowest BCUT2D eigenvalue weighted by molar-refractivity contribution is -0.139. The molecule has 1 amide bonds. The van der Waals surface area contributed by atoms with Gasteiger partial charge in [0.25, 0.3) is 5.91 Å². The van der Waals surface area contributed by atoms with Gasteiger partial charge >= 0.3 is 0 Å². The summed E-state index contributed by atoms with van der Waals surface area (Å²) in [4.78, 5) is 14.6. The van der Waals surface area contributed by atoms with Gasteiger partial charge < -0.3 is 9.64 Å².